The highest BCUT2D eigenvalue weighted by molar-refractivity contribution is 5.90. The normalized spacial score (nSPS) is 38.1. The molecule has 0 radical (unpaired) electrons. The van der Waals surface area contributed by atoms with Crippen LogP contribution >= 0.6 is 0 Å². The maximum Gasteiger partial charge on any atom is 0.334 e. The minimum atomic E-state index is -0.182. The van der Waals surface area contributed by atoms with Gasteiger partial charge in [0.15, 0.2) is 0 Å². The Morgan fingerprint density at radius 2 is 2.11 bits per heavy atom. The van der Waals surface area contributed by atoms with E-state index in [-0.39, 0.29) is 23.4 Å². The van der Waals surface area contributed by atoms with Gasteiger partial charge in [-0.25, -0.2) is 4.79 Å². The third kappa shape index (κ3) is 2.77. The SMILES string of the molecule is C=C1C(=O)OC2C1CC/C(C)=C\CCC(C)(C)C2C. The van der Waals surface area contributed by atoms with E-state index in [1.54, 1.807) is 0 Å². The van der Waals surface area contributed by atoms with Crippen molar-refractivity contribution in [3.05, 3.63) is 23.8 Å². The van der Waals surface area contributed by atoms with Gasteiger partial charge in [-0.15, -0.1) is 0 Å². The van der Waals surface area contributed by atoms with Gasteiger partial charge in [-0.2, -0.15) is 0 Å². The van der Waals surface area contributed by atoms with E-state index in [1.807, 2.05) is 0 Å². The van der Waals surface area contributed by atoms with Gasteiger partial charge in [0.1, 0.15) is 6.10 Å². The predicted octanol–water partition coefficient (Wildman–Crippen LogP) is 4.27. The summed E-state index contributed by atoms with van der Waals surface area (Å²) in [4.78, 5) is 11.8. The first-order valence-corrected chi connectivity index (χ1v) is 7.38. The fourth-order valence-corrected chi connectivity index (χ4v) is 3.27. The molecule has 3 atom stereocenters. The summed E-state index contributed by atoms with van der Waals surface area (Å²) in [7, 11) is 0. The Kier molecular flexibility index (Phi) is 3.89. The molecule has 1 heterocycles. The Morgan fingerprint density at radius 3 is 2.79 bits per heavy atom. The van der Waals surface area contributed by atoms with Gasteiger partial charge in [-0.1, -0.05) is 39.0 Å². The minimum Gasteiger partial charge on any atom is -0.458 e. The Bertz CT molecular complexity index is 417. The first kappa shape index (κ1) is 14.4. The molecule has 0 saturated carbocycles. The lowest BCUT2D eigenvalue weighted by molar-refractivity contribution is -0.143. The van der Waals surface area contributed by atoms with Crippen LogP contribution in [-0.2, 0) is 9.53 Å². The van der Waals surface area contributed by atoms with Crippen LogP contribution in [0.1, 0.15) is 53.4 Å². The van der Waals surface area contributed by atoms with Gasteiger partial charge in [0, 0.05) is 11.5 Å². The molecule has 0 N–H and O–H groups in total. The summed E-state index contributed by atoms with van der Waals surface area (Å²) in [6.07, 6.45) is 6.66. The van der Waals surface area contributed by atoms with Gasteiger partial charge in [0.25, 0.3) is 0 Å². The average molecular weight is 262 g/mol. The highest BCUT2D eigenvalue weighted by atomic mass is 16.6. The molecule has 106 valence electrons. The van der Waals surface area contributed by atoms with E-state index in [4.69, 9.17) is 4.74 Å². The van der Waals surface area contributed by atoms with Crippen molar-refractivity contribution in [1.82, 2.24) is 0 Å². The molecule has 2 aliphatic rings. The number of carbonyl (C=O) groups is 1. The zero-order valence-corrected chi connectivity index (χ0v) is 12.7. The molecule has 2 nitrogen and oxygen atoms in total. The molecular formula is C17H26O2. The van der Waals surface area contributed by atoms with Crippen LogP contribution in [0.4, 0.5) is 0 Å². The lowest BCUT2D eigenvalue weighted by Gasteiger charge is -2.37. The molecule has 2 heteroatoms. The van der Waals surface area contributed by atoms with E-state index in [0.717, 1.165) is 25.7 Å². The first-order valence-electron chi connectivity index (χ1n) is 7.38. The van der Waals surface area contributed by atoms with Gasteiger partial charge in [0.2, 0.25) is 0 Å². The van der Waals surface area contributed by atoms with Crippen LogP contribution in [0.25, 0.3) is 0 Å². The molecule has 0 aromatic rings. The van der Waals surface area contributed by atoms with Gasteiger partial charge in [-0.05, 0) is 43.9 Å². The summed E-state index contributed by atoms with van der Waals surface area (Å²) in [6.45, 7) is 12.9. The molecule has 3 unspecified atom stereocenters. The maximum absolute atomic E-state index is 11.8. The van der Waals surface area contributed by atoms with Crippen LogP contribution in [0.15, 0.2) is 23.8 Å². The van der Waals surface area contributed by atoms with Crippen LogP contribution in [0, 0.1) is 17.3 Å². The van der Waals surface area contributed by atoms with Gasteiger partial charge in [0.05, 0.1) is 0 Å². The number of hydrogen-bond acceptors (Lipinski definition) is 2. The Hall–Kier alpha value is -1.05. The molecule has 1 aliphatic heterocycles. The van der Waals surface area contributed by atoms with E-state index < -0.39 is 0 Å². The second-order valence-electron chi connectivity index (χ2n) is 6.91. The number of carbonyl (C=O) groups excluding carboxylic acids is 1. The second kappa shape index (κ2) is 5.15. The van der Waals surface area contributed by atoms with E-state index in [0.29, 0.717) is 11.5 Å². The number of esters is 1. The van der Waals surface area contributed by atoms with Crippen LogP contribution in [0.2, 0.25) is 0 Å². The van der Waals surface area contributed by atoms with Crippen molar-refractivity contribution in [3.8, 4) is 0 Å². The third-order valence-electron chi connectivity index (χ3n) is 5.21. The quantitative estimate of drug-likeness (QED) is 0.370. The summed E-state index contributed by atoms with van der Waals surface area (Å²) in [6, 6.07) is 0. The van der Waals surface area contributed by atoms with Crippen molar-refractivity contribution in [1.29, 1.82) is 0 Å². The molecule has 1 aliphatic carbocycles. The largest absolute Gasteiger partial charge is 0.458 e. The maximum atomic E-state index is 11.8. The third-order valence-corrected chi connectivity index (χ3v) is 5.21. The molecule has 2 rings (SSSR count). The van der Waals surface area contributed by atoms with E-state index in [1.165, 1.54) is 5.57 Å². The van der Waals surface area contributed by atoms with E-state index >= 15 is 0 Å². The van der Waals surface area contributed by atoms with Gasteiger partial charge in [-0.3, -0.25) is 0 Å². The average Bonchev–Trinajstić information content (AvgIpc) is 2.61. The number of ether oxygens (including phenoxy) is 1. The fraction of sp³-hybridized carbons (Fsp3) is 0.706. The van der Waals surface area contributed by atoms with Gasteiger partial charge >= 0.3 is 5.97 Å². The van der Waals surface area contributed by atoms with Crippen LogP contribution < -0.4 is 0 Å². The van der Waals surface area contributed by atoms with Crippen molar-refractivity contribution in [2.24, 2.45) is 17.3 Å². The molecular weight excluding hydrogens is 236 g/mol. The lowest BCUT2D eigenvalue weighted by atomic mass is 9.69. The second-order valence-corrected chi connectivity index (χ2v) is 6.91. The van der Waals surface area contributed by atoms with Crippen molar-refractivity contribution in [2.45, 2.75) is 59.5 Å². The molecule has 0 bridgehead atoms. The number of hydrogen-bond donors (Lipinski definition) is 0. The first-order chi connectivity index (χ1) is 8.83. The highest BCUT2D eigenvalue weighted by Gasteiger charge is 2.45. The van der Waals surface area contributed by atoms with Crippen LogP contribution in [0.5, 0.6) is 0 Å². The Balaban J connectivity index is 2.31. The summed E-state index contributed by atoms with van der Waals surface area (Å²) in [5.41, 5.74) is 2.29. The summed E-state index contributed by atoms with van der Waals surface area (Å²) in [5.74, 6) is 0.384. The van der Waals surface area contributed by atoms with Crippen molar-refractivity contribution >= 4 is 5.97 Å². The zero-order valence-electron chi connectivity index (χ0n) is 12.7. The highest BCUT2D eigenvalue weighted by Crippen LogP contribution is 2.44. The minimum absolute atomic E-state index is 0.0147. The molecule has 19 heavy (non-hydrogen) atoms. The predicted molar refractivity (Wildman–Crippen MR) is 77.7 cm³/mol. The fourth-order valence-electron chi connectivity index (χ4n) is 3.27. The molecule has 0 amide bonds. The van der Waals surface area contributed by atoms with Gasteiger partial charge < -0.3 is 4.74 Å². The number of fused-ring (bicyclic) bond motifs is 1. The van der Waals surface area contributed by atoms with Crippen molar-refractivity contribution in [2.75, 3.05) is 0 Å². The number of rotatable bonds is 0. The molecule has 0 aromatic heterocycles. The summed E-state index contributed by atoms with van der Waals surface area (Å²) in [5, 5.41) is 0. The standard InChI is InChI=1S/C17H26O2/c1-11-7-6-10-17(4,5)13(3)15-14(9-8-11)12(2)16(18)19-15/h7,13-15H,2,6,8-10H2,1,3-5H3/b11-7-. The van der Waals surface area contributed by atoms with Crippen LogP contribution in [-0.4, -0.2) is 12.1 Å². The monoisotopic (exact) mass is 262 g/mol. The van der Waals surface area contributed by atoms with E-state index in [2.05, 4.69) is 40.3 Å². The Labute approximate surface area is 116 Å². The molecule has 0 spiro atoms. The van der Waals surface area contributed by atoms with E-state index in [9.17, 15) is 4.79 Å². The zero-order chi connectivity index (χ0) is 14.2. The topological polar surface area (TPSA) is 26.3 Å². The smallest absolute Gasteiger partial charge is 0.334 e. The van der Waals surface area contributed by atoms with Crippen LogP contribution in [0.3, 0.4) is 0 Å². The molecule has 1 fully saturated rings. The summed E-state index contributed by atoms with van der Waals surface area (Å²) < 4.78 is 5.63. The molecule has 0 aromatic carbocycles. The molecule has 1 saturated heterocycles. The Morgan fingerprint density at radius 1 is 1.42 bits per heavy atom. The van der Waals surface area contributed by atoms with Crippen molar-refractivity contribution < 1.29 is 9.53 Å². The van der Waals surface area contributed by atoms with Crippen molar-refractivity contribution in [3.63, 3.8) is 0 Å². The lowest BCUT2D eigenvalue weighted by Crippen LogP contribution is -2.36. The number of allylic oxidation sites excluding steroid dienone is 2. The summed E-state index contributed by atoms with van der Waals surface area (Å²) >= 11 is 0.